The molecule has 3 fully saturated rings. The van der Waals surface area contributed by atoms with E-state index in [0.29, 0.717) is 37.5 Å². The number of nitrogens with one attached hydrogen (secondary N) is 1. The van der Waals surface area contributed by atoms with Crippen molar-refractivity contribution in [3.05, 3.63) is 41.7 Å². The summed E-state index contributed by atoms with van der Waals surface area (Å²) in [6, 6.07) is 5.03. The lowest BCUT2D eigenvalue weighted by Gasteiger charge is -2.29. The fourth-order valence-electron chi connectivity index (χ4n) is 4.74. The summed E-state index contributed by atoms with van der Waals surface area (Å²) in [4.78, 5) is 8.90. The van der Waals surface area contributed by atoms with Crippen molar-refractivity contribution in [2.45, 2.75) is 24.4 Å². The minimum absolute atomic E-state index is 0.166. The van der Waals surface area contributed by atoms with Gasteiger partial charge in [-0.25, -0.2) is 18.2 Å². The molecule has 0 radical (unpaired) electrons. The number of aromatic nitrogens is 2. The van der Waals surface area contributed by atoms with Gasteiger partial charge in [0.25, 0.3) is 0 Å². The molecule has 3 aliphatic heterocycles. The molecule has 0 spiro atoms. The molecule has 0 aliphatic carbocycles. The van der Waals surface area contributed by atoms with Crippen LogP contribution in [-0.4, -0.2) is 79.0 Å². The molecule has 6 rings (SSSR count). The van der Waals surface area contributed by atoms with E-state index in [1.165, 1.54) is 18.2 Å². The van der Waals surface area contributed by atoms with E-state index in [1.54, 1.807) is 0 Å². The highest BCUT2D eigenvalue weighted by molar-refractivity contribution is 5.81. The van der Waals surface area contributed by atoms with Gasteiger partial charge in [-0.15, -0.1) is 0 Å². The van der Waals surface area contributed by atoms with Crippen LogP contribution in [0.15, 0.2) is 24.3 Å². The Balaban J connectivity index is 1.29. The van der Waals surface area contributed by atoms with Crippen LogP contribution in [0.4, 0.5) is 18.9 Å². The van der Waals surface area contributed by atoms with Crippen molar-refractivity contribution in [3.63, 3.8) is 0 Å². The molecule has 2 aromatic heterocycles. The summed E-state index contributed by atoms with van der Waals surface area (Å²) in [6.07, 6.45) is -2.06. The van der Waals surface area contributed by atoms with Crippen LogP contribution in [0.25, 0.3) is 22.3 Å². The van der Waals surface area contributed by atoms with Gasteiger partial charge in [-0.2, -0.15) is 0 Å². The number of pyridine rings is 1. The van der Waals surface area contributed by atoms with Gasteiger partial charge in [-0.05, 0) is 12.1 Å². The van der Waals surface area contributed by atoms with Crippen LogP contribution in [0.1, 0.15) is 0 Å². The zero-order chi connectivity index (χ0) is 23.4. The van der Waals surface area contributed by atoms with E-state index >= 15 is 0 Å². The minimum atomic E-state index is -0.898. The number of ether oxygens (including phenoxy) is 4. The first-order chi connectivity index (χ1) is 16.5. The number of hydrogen-bond donors (Lipinski definition) is 2. The van der Waals surface area contributed by atoms with Crippen LogP contribution in [0, 0.1) is 17.5 Å². The minimum Gasteiger partial charge on any atom is -0.470 e. The van der Waals surface area contributed by atoms with E-state index < -0.39 is 53.1 Å². The Morgan fingerprint density at radius 1 is 0.971 bits per heavy atom. The molecule has 5 heterocycles. The Labute approximate surface area is 192 Å². The topological polar surface area (TPSA) is 89.1 Å². The summed E-state index contributed by atoms with van der Waals surface area (Å²) >= 11 is 0. The number of morpholine rings is 1. The fraction of sp³-hybridized carbons (Fsp3) is 0.435. The fourth-order valence-corrected chi connectivity index (χ4v) is 4.74. The molecule has 0 amide bonds. The standard InChI is InChI=1S/C23H22F3N3O5/c24-12-5-11(29-1-3-31-4-2-29)6-13(25)20(12)21-14(26)7-15-16(28-21)8-19(27-15)34-18-10-33-22-17(30)9-32-23(18)22/h5-8,17-18,22-23,27,30H,1-4,9-10H2/t17-,18-,22?,23-/m1/s1. The van der Waals surface area contributed by atoms with Crippen LogP contribution in [0.2, 0.25) is 0 Å². The maximum absolute atomic E-state index is 15.0. The van der Waals surface area contributed by atoms with Crippen molar-refractivity contribution in [1.29, 1.82) is 0 Å². The Morgan fingerprint density at radius 2 is 1.71 bits per heavy atom. The maximum Gasteiger partial charge on any atom is 0.193 e. The smallest absolute Gasteiger partial charge is 0.193 e. The third kappa shape index (κ3) is 3.68. The zero-order valence-electron chi connectivity index (χ0n) is 18.0. The summed E-state index contributed by atoms with van der Waals surface area (Å²) in [6.45, 7) is 2.36. The van der Waals surface area contributed by atoms with Crippen molar-refractivity contribution < 1.29 is 37.2 Å². The van der Waals surface area contributed by atoms with Crippen LogP contribution in [-0.2, 0) is 14.2 Å². The average Bonchev–Trinajstić information content (AvgIpc) is 3.51. The predicted octanol–water partition coefficient (Wildman–Crippen LogP) is 2.39. The molecule has 34 heavy (non-hydrogen) atoms. The maximum atomic E-state index is 15.0. The number of benzene rings is 1. The highest BCUT2D eigenvalue weighted by atomic mass is 19.1. The number of rotatable bonds is 4. The van der Waals surface area contributed by atoms with Crippen LogP contribution < -0.4 is 9.64 Å². The largest absolute Gasteiger partial charge is 0.470 e. The number of H-pyrrole nitrogens is 1. The molecule has 2 N–H and O–H groups in total. The second-order valence-electron chi connectivity index (χ2n) is 8.59. The normalized spacial score (nSPS) is 26.9. The number of nitrogens with zero attached hydrogens (tertiary/aromatic N) is 2. The van der Waals surface area contributed by atoms with E-state index in [2.05, 4.69) is 9.97 Å². The molecule has 0 saturated carbocycles. The third-order valence-electron chi connectivity index (χ3n) is 6.43. The van der Waals surface area contributed by atoms with E-state index in [4.69, 9.17) is 18.9 Å². The third-order valence-corrected chi connectivity index (χ3v) is 6.43. The van der Waals surface area contributed by atoms with Gasteiger partial charge >= 0.3 is 0 Å². The van der Waals surface area contributed by atoms with E-state index in [9.17, 15) is 18.3 Å². The Morgan fingerprint density at radius 3 is 2.47 bits per heavy atom. The quantitative estimate of drug-likeness (QED) is 0.597. The number of hydrogen-bond acceptors (Lipinski definition) is 7. The number of aliphatic hydroxyl groups is 1. The summed E-state index contributed by atoms with van der Waals surface area (Å²) < 4.78 is 67.1. The van der Waals surface area contributed by atoms with Gasteiger partial charge in [-0.1, -0.05) is 0 Å². The second kappa shape index (κ2) is 8.42. The van der Waals surface area contributed by atoms with Crippen LogP contribution >= 0.6 is 0 Å². The molecule has 3 saturated heterocycles. The van der Waals surface area contributed by atoms with Gasteiger partial charge in [0.15, 0.2) is 17.8 Å². The molecule has 11 heteroatoms. The molecule has 3 aliphatic rings. The average molecular weight is 477 g/mol. The van der Waals surface area contributed by atoms with Crippen LogP contribution in [0.5, 0.6) is 5.88 Å². The lowest BCUT2D eigenvalue weighted by molar-refractivity contribution is 0.00794. The second-order valence-corrected chi connectivity index (χ2v) is 8.59. The van der Waals surface area contributed by atoms with Gasteiger partial charge in [0, 0.05) is 30.9 Å². The van der Waals surface area contributed by atoms with Gasteiger partial charge in [0.2, 0.25) is 0 Å². The zero-order valence-corrected chi connectivity index (χ0v) is 18.0. The number of halogens is 3. The van der Waals surface area contributed by atoms with Gasteiger partial charge in [-0.3, -0.25) is 0 Å². The van der Waals surface area contributed by atoms with Crippen molar-refractivity contribution in [2.75, 3.05) is 44.4 Å². The monoisotopic (exact) mass is 477 g/mol. The SMILES string of the molecule is O[C@@H]1CO[C@H]2C1OC[C@H]2Oc1cc2nc(-c3c(F)cc(N4CCOCC4)cc3F)c(F)cc2[nH]1. The van der Waals surface area contributed by atoms with E-state index in [-0.39, 0.29) is 24.6 Å². The highest BCUT2D eigenvalue weighted by Crippen LogP contribution is 2.34. The van der Waals surface area contributed by atoms with Gasteiger partial charge in [0.05, 0.1) is 43.0 Å². The summed E-state index contributed by atoms with van der Waals surface area (Å²) in [5, 5.41) is 9.87. The molecule has 180 valence electrons. The molecule has 1 unspecified atom stereocenters. The first kappa shape index (κ1) is 21.7. The van der Waals surface area contributed by atoms with Crippen molar-refractivity contribution in [2.24, 2.45) is 0 Å². The molecule has 1 aromatic carbocycles. The van der Waals surface area contributed by atoms with Crippen molar-refractivity contribution in [3.8, 4) is 17.1 Å². The Kier molecular flexibility index (Phi) is 5.36. The predicted molar refractivity (Wildman–Crippen MR) is 114 cm³/mol. The summed E-state index contributed by atoms with van der Waals surface area (Å²) in [5.74, 6) is -2.39. The number of aliphatic hydroxyl groups excluding tert-OH is 1. The molecule has 0 bridgehead atoms. The lowest BCUT2D eigenvalue weighted by Crippen LogP contribution is -2.36. The lowest BCUT2D eigenvalue weighted by atomic mass is 10.1. The Bertz CT molecular complexity index is 1210. The number of fused-ring (bicyclic) bond motifs is 2. The number of anilines is 1. The van der Waals surface area contributed by atoms with E-state index in [0.717, 1.165) is 6.07 Å². The van der Waals surface area contributed by atoms with Crippen molar-refractivity contribution in [1.82, 2.24) is 9.97 Å². The van der Waals surface area contributed by atoms with Crippen molar-refractivity contribution >= 4 is 16.7 Å². The number of aromatic amines is 1. The van der Waals surface area contributed by atoms with Gasteiger partial charge in [0.1, 0.15) is 35.6 Å². The molecule has 8 nitrogen and oxygen atoms in total. The Hall–Kier alpha value is -2.86. The van der Waals surface area contributed by atoms with Crippen LogP contribution in [0.3, 0.4) is 0 Å². The van der Waals surface area contributed by atoms with E-state index in [1.807, 2.05) is 4.90 Å². The first-order valence-corrected chi connectivity index (χ1v) is 11.1. The first-order valence-electron chi connectivity index (χ1n) is 11.1. The molecular formula is C23H22F3N3O5. The molecule has 3 aromatic rings. The highest BCUT2D eigenvalue weighted by Gasteiger charge is 2.48. The summed E-state index contributed by atoms with van der Waals surface area (Å²) in [7, 11) is 0. The summed E-state index contributed by atoms with van der Waals surface area (Å²) in [5.41, 5.74) is 0.0147. The molecule has 4 atom stereocenters. The van der Waals surface area contributed by atoms with Gasteiger partial charge < -0.3 is 33.9 Å². The molecular weight excluding hydrogens is 455 g/mol.